The molecule has 0 bridgehead atoms. The van der Waals surface area contributed by atoms with Gasteiger partial charge in [-0.05, 0) is 49.9 Å². The third kappa shape index (κ3) is 2.83. The van der Waals surface area contributed by atoms with Gasteiger partial charge < -0.3 is 4.57 Å². The average Bonchev–Trinajstić information content (AvgIpc) is 3.23. The number of nitrogens with zero attached hydrogens (tertiary/aromatic N) is 3. The van der Waals surface area contributed by atoms with Crippen LogP contribution in [0.2, 0.25) is 0 Å². The highest BCUT2D eigenvalue weighted by Gasteiger charge is 2.33. The molecule has 148 valence electrons. The van der Waals surface area contributed by atoms with E-state index in [4.69, 9.17) is 5.41 Å². The molecule has 0 fully saturated rings. The Kier molecular flexibility index (Phi) is 4.25. The number of carbonyl (C=O) groups is 1. The van der Waals surface area contributed by atoms with Crippen LogP contribution in [0, 0.1) is 19.3 Å². The molecule has 0 saturated carbocycles. The lowest BCUT2D eigenvalue weighted by molar-refractivity contribution is -0.114. The predicted octanol–water partition coefficient (Wildman–Crippen LogP) is 5.41. The summed E-state index contributed by atoms with van der Waals surface area (Å²) in [7, 11) is 0. The zero-order valence-corrected chi connectivity index (χ0v) is 17.7. The molecule has 0 spiro atoms. The summed E-state index contributed by atoms with van der Waals surface area (Å²) < 4.78 is 2.20. The molecule has 30 heavy (non-hydrogen) atoms. The lowest BCUT2D eigenvalue weighted by atomic mass is 10.1. The smallest absolute Gasteiger partial charge is 0.283 e. The number of benzene rings is 2. The molecule has 0 radical (unpaired) electrons. The molecule has 2 aromatic carbocycles. The van der Waals surface area contributed by atoms with E-state index in [-0.39, 0.29) is 11.7 Å². The first-order valence-electron chi connectivity index (χ1n) is 9.70. The highest BCUT2D eigenvalue weighted by molar-refractivity contribution is 8.17. The van der Waals surface area contributed by atoms with Crippen molar-refractivity contribution < 1.29 is 4.79 Å². The number of aliphatic imine (C=N–C) groups is 1. The molecule has 0 saturated heterocycles. The Balaban J connectivity index is 1.63. The lowest BCUT2D eigenvalue weighted by Gasteiger charge is -2.22. The highest BCUT2D eigenvalue weighted by atomic mass is 32.2. The Morgan fingerprint density at radius 1 is 1.07 bits per heavy atom. The van der Waals surface area contributed by atoms with Gasteiger partial charge in [-0.15, -0.1) is 0 Å². The summed E-state index contributed by atoms with van der Waals surface area (Å²) in [4.78, 5) is 19.5. The number of rotatable bonds is 2. The van der Waals surface area contributed by atoms with Gasteiger partial charge in [-0.25, -0.2) is 0 Å². The molecule has 3 aromatic rings. The number of hydrogen-bond donors (Lipinski definition) is 1. The fourth-order valence-electron chi connectivity index (χ4n) is 4.06. The molecule has 1 amide bonds. The van der Waals surface area contributed by atoms with E-state index in [1.165, 1.54) is 22.5 Å². The van der Waals surface area contributed by atoms with Crippen molar-refractivity contribution in [1.82, 2.24) is 9.47 Å². The van der Waals surface area contributed by atoms with Crippen molar-refractivity contribution in [3.05, 3.63) is 82.2 Å². The number of nitrogens with one attached hydrogen (secondary N) is 1. The van der Waals surface area contributed by atoms with E-state index < -0.39 is 0 Å². The van der Waals surface area contributed by atoms with E-state index in [1.54, 1.807) is 11.0 Å². The molecule has 5 rings (SSSR count). The summed E-state index contributed by atoms with van der Waals surface area (Å²) in [5.41, 5.74) is 4.42. The fourth-order valence-corrected chi connectivity index (χ4v) is 4.88. The van der Waals surface area contributed by atoms with E-state index in [9.17, 15) is 4.79 Å². The first kappa shape index (κ1) is 18.6. The average molecular weight is 413 g/mol. The van der Waals surface area contributed by atoms with Gasteiger partial charge in [-0.3, -0.25) is 15.1 Å². The zero-order valence-electron chi connectivity index (χ0n) is 16.9. The van der Waals surface area contributed by atoms with Crippen molar-refractivity contribution in [2.75, 3.05) is 0 Å². The van der Waals surface area contributed by atoms with Crippen LogP contribution in [0.15, 0.2) is 70.2 Å². The number of hydrogen-bond acceptors (Lipinski definition) is 3. The van der Waals surface area contributed by atoms with Gasteiger partial charge in [0.15, 0.2) is 5.17 Å². The van der Waals surface area contributed by atoms with E-state index in [0.29, 0.717) is 10.7 Å². The van der Waals surface area contributed by atoms with Crippen molar-refractivity contribution >= 4 is 45.5 Å². The van der Waals surface area contributed by atoms with Gasteiger partial charge in [0.25, 0.3) is 5.91 Å². The number of fused-ring (bicyclic) bond motifs is 2. The zero-order chi connectivity index (χ0) is 21.0. The van der Waals surface area contributed by atoms with Gasteiger partial charge in [-0.1, -0.05) is 48.2 Å². The number of aromatic nitrogens is 1. The second-order valence-electron chi connectivity index (χ2n) is 7.48. The molecule has 5 nitrogen and oxygen atoms in total. The van der Waals surface area contributed by atoms with Crippen molar-refractivity contribution in [3.8, 4) is 5.69 Å². The predicted molar refractivity (Wildman–Crippen MR) is 124 cm³/mol. The van der Waals surface area contributed by atoms with Gasteiger partial charge in [0.05, 0.1) is 11.3 Å². The normalized spacial score (nSPS) is 17.6. The fraction of sp³-hybridized carbons (Fsp3) is 0.125. The Labute approximate surface area is 178 Å². The van der Waals surface area contributed by atoms with Gasteiger partial charge in [0.1, 0.15) is 5.84 Å². The van der Waals surface area contributed by atoms with Crippen LogP contribution < -0.4 is 0 Å². The summed E-state index contributed by atoms with van der Waals surface area (Å²) in [5.74, 6) is -0.193. The van der Waals surface area contributed by atoms with Crippen molar-refractivity contribution in [3.63, 3.8) is 0 Å². The molecular formula is C24H20N4OS. The number of amidine groups is 2. The van der Waals surface area contributed by atoms with Crippen LogP contribution in [0.1, 0.15) is 23.9 Å². The molecule has 0 aliphatic carbocycles. The maximum Gasteiger partial charge on any atom is 0.283 e. The van der Waals surface area contributed by atoms with E-state index in [2.05, 4.69) is 52.9 Å². The standard InChI is InChI=1S/C24H20N4OS/c1-14-11-18(12-20-22(25)27-13-15(2)30-24(27)26-23(20)29)16(3)28(14)21-10-6-8-17-7-4-5-9-19(17)21/h4-13,25H,1-3H3/b20-12-,25-22?. The minimum atomic E-state index is -0.364. The Bertz CT molecular complexity index is 1340. The summed E-state index contributed by atoms with van der Waals surface area (Å²) in [6, 6.07) is 16.7. The second-order valence-corrected chi connectivity index (χ2v) is 8.69. The van der Waals surface area contributed by atoms with Gasteiger partial charge in [-0.2, -0.15) is 4.99 Å². The molecule has 2 aliphatic heterocycles. The van der Waals surface area contributed by atoms with Crippen molar-refractivity contribution in [2.45, 2.75) is 20.8 Å². The van der Waals surface area contributed by atoms with Crippen LogP contribution >= 0.6 is 11.8 Å². The Hall–Kier alpha value is -3.38. The first-order valence-corrected chi connectivity index (χ1v) is 10.5. The van der Waals surface area contributed by atoms with Crippen LogP contribution in [0.25, 0.3) is 22.5 Å². The third-order valence-corrected chi connectivity index (χ3v) is 6.37. The van der Waals surface area contributed by atoms with E-state index >= 15 is 0 Å². The van der Waals surface area contributed by atoms with E-state index in [1.807, 2.05) is 32.2 Å². The van der Waals surface area contributed by atoms with Crippen LogP contribution in [-0.2, 0) is 4.79 Å². The number of thioether (sulfide) groups is 1. The minimum absolute atomic E-state index is 0.171. The van der Waals surface area contributed by atoms with E-state index in [0.717, 1.165) is 27.5 Å². The molecule has 6 heteroatoms. The minimum Gasteiger partial charge on any atom is -0.317 e. The lowest BCUT2D eigenvalue weighted by Crippen LogP contribution is -2.35. The molecule has 2 aliphatic rings. The van der Waals surface area contributed by atoms with Crippen molar-refractivity contribution in [1.29, 1.82) is 5.41 Å². The summed E-state index contributed by atoms with van der Waals surface area (Å²) in [6.07, 6.45) is 3.65. The topological polar surface area (TPSA) is 61.5 Å². The van der Waals surface area contributed by atoms with Crippen LogP contribution in [-0.4, -0.2) is 26.4 Å². The summed E-state index contributed by atoms with van der Waals surface area (Å²) in [5, 5.41) is 11.4. The molecule has 0 atom stereocenters. The second kappa shape index (κ2) is 6.85. The number of amides is 1. The third-order valence-electron chi connectivity index (χ3n) is 5.47. The monoisotopic (exact) mass is 412 g/mol. The number of carbonyl (C=O) groups excluding carboxylic acids is 1. The highest BCUT2D eigenvalue weighted by Crippen LogP contribution is 2.33. The van der Waals surface area contributed by atoms with Gasteiger partial charge in [0, 0.05) is 27.9 Å². The quantitative estimate of drug-likeness (QED) is 0.572. The van der Waals surface area contributed by atoms with Gasteiger partial charge in [0.2, 0.25) is 0 Å². The summed E-state index contributed by atoms with van der Waals surface area (Å²) in [6.45, 7) is 6.05. The molecule has 0 unspecified atom stereocenters. The Morgan fingerprint density at radius 3 is 2.67 bits per heavy atom. The van der Waals surface area contributed by atoms with Crippen molar-refractivity contribution in [2.24, 2.45) is 4.99 Å². The maximum absolute atomic E-state index is 12.6. The first-order chi connectivity index (χ1) is 14.4. The largest absolute Gasteiger partial charge is 0.317 e. The van der Waals surface area contributed by atoms with Crippen LogP contribution in [0.5, 0.6) is 0 Å². The number of aryl methyl sites for hydroxylation is 1. The van der Waals surface area contributed by atoms with Crippen LogP contribution in [0.3, 0.4) is 0 Å². The SMILES string of the molecule is CC1=CN2C(=N)/C(=C/c3cc(C)n(-c4cccc5ccccc45)c3C)C(=O)N=C2S1. The Morgan fingerprint density at radius 2 is 1.83 bits per heavy atom. The van der Waals surface area contributed by atoms with Crippen LogP contribution in [0.4, 0.5) is 0 Å². The number of allylic oxidation sites excluding steroid dienone is 1. The molecular weight excluding hydrogens is 392 g/mol. The molecule has 1 N–H and O–H groups in total. The summed E-state index contributed by atoms with van der Waals surface area (Å²) >= 11 is 1.42. The van der Waals surface area contributed by atoms with Gasteiger partial charge >= 0.3 is 0 Å². The molecule has 3 heterocycles. The molecule has 1 aromatic heterocycles. The maximum atomic E-state index is 12.6.